The van der Waals surface area contributed by atoms with Gasteiger partial charge < -0.3 is 5.73 Å². The van der Waals surface area contributed by atoms with Crippen molar-refractivity contribution in [1.82, 2.24) is 14.8 Å². The van der Waals surface area contributed by atoms with Crippen LogP contribution in [0.25, 0.3) is 0 Å². The Bertz CT molecular complexity index is 604. The highest BCUT2D eigenvalue weighted by molar-refractivity contribution is 5.80. The molecule has 0 unspecified atom stereocenters. The van der Waals surface area contributed by atoms with E-state index in [-0.39, 0.29) is 5.78 Å². The molecule has 0 atom stereocenters. The van der Waals surface area contributed by atoms with Crippen LogP contribution < -0.4 is 5.73 Å². The van der Waals surface area contributed by atoms with Gasteiger partial charge >= 0.3 is 0 Å². The van der Waals surface area contributed by atoms with E-state index >= 15 is 0 Å². The molecule has 2 rings (SSSR count). The van der Waals surface area contributed by atoms with Gasteiger partial charge in [0.25, 0.3) is 0 Å². The number of nitrogen functional groups attached to an aromatic ring is 1. The normalized spacial score (nSPS) is 11.0. The summed E-state index contributed by atoms with van der Waals surface area (Å²) in [6.45, 7) is 5.03. The van der Waals surface area contributed by atoms with E-state index in [0.717, 1.165) is 23.6 Å². The van der Waals surface area contributed by atoms with Gasteiger partial charge in [-0.3, -0.25) is 4.79 Å². The lowest BCUT2D eigenvalue weighted by molar-refractivity contribution is -0.118. The van der Waals surface area contributed by atoms with E-state index in [9.17, 15) is 4.79 Å². The Balaban J connectivity index is 1.89. The molecule has 0 aliphatic rings. The number of hydrogen-bond acceptors (Lipinski definition) is 4. The fourth-order valence-electron chi connectivity index (χ4n) is 2.22. The van der Waals surface area contributed by atoms with E-state index in [1.54, 1.807) is 0 Å². The summed E-state index contributed by atoms with van der Waals surface area (Å²) >= 11 is 0. The van der Waals surface area contributed by atoms with Crippen LogP contribution in [-0.4, -0.2) is 20.5 Å². The van der Waals surface area contributed by atoms with E-state index < -0.39 is 0 Å². The van der Waals surface area contributed by atoms with Gasteiger partial charge in [-0.15, -0.1) is 0 Å². The molecule has 1 aromatic heterocycles. The number of nitrogens with two attached hydrogens (primary N) is 1. The first-order valence-electron chi connectivity index (χ1n) is 7.27. The summed E-state index contributed by atoms with van der Waals surface area (Å²) in [6, 6.07) is 7.66. The van der Waals surface area contributed by atoms with Crippen molar-refractivity contribution >= 4 is 11.5 Å². The monoisotopic (exact) mass is 286 g/mol. The number of hydrogen-bond donors (Lipinski definition) is 1. The molecule has 0 radical (unpaired) electrons. The molecule has 2 aromatic rings. The van der Waals surface area contributed by atoms with Crippen molar-refractivity contribution in [3.05, 3.63) is 42.0 Å². The molecule has 0 fully saturated rings. The molecule has 5 nitrogen and oxygen atoms in total. The van der Waals surface area contributed by atoms with Crippen molar-refractivity contribution in [2.45, 2.75) is 39.7 Å². The predicted molar refractivity (Wildman–Crippen MR) is 82.7 cm³/mol. The van der Waals surface area contributed by atoms with Crippen molar-refractivity contribution in [1.29, 1.82) is 0 Å². The first-order chi connectivity index (χ1) is 10.0. The van der Waals surface area contributed by atoms with Crippen molar-refractivity contribution in [2.24, 2.45) is 5.92 Å². The molecule has 21 heavy (non-hydrogen) atoms. The van der Waals surface area contributed by atoms with E-state index in [0.29, 0.717) is 25.2 Å². The van der Waals surface area contributed by atoms with Crippen LogP contribution >= 0.6 is 0 Å². The van der Waals surface area contributed by atoms with Gasteiger partial charge in [0.05, 0.1) is 6.42 Å². The van der Waals surface area contributed by atoms with Crippen molar-refractivity contribution in [3.8, 4) is 0 Å². The first-order valence-corrected chi connectivity index (χ1v) is 7.27. The second-order valence-corrected chi connectivity index (χ2v) is 5.71. The van der Waals surface area contributed by atoms with Gasteiger partial charge in [-0.05, 0) is 30.0 Å². The first kappa shape index (κ1) is 15.2. The molecule has 0 saturated heterocycles. The Morgan fingerprint density at radius 1 is 1.38 bits per heavy atom. The molecule has 0 aliphatic carbocycles. The summed E-state index contributed by atoms with van der Waals surface area (Å²) in [5.41, 5.74) is 7.56. The summed E-state index contributed by atoms with van der Waals surface area (Å²) in [5.74, 6) is 1.41. The molecular formula is C16H22N4O. The van der Waals surface area contributed by atoms with E-state index in [2.05, 4.69) is 23.9 Å². The topological polar surface area (TPSA) is 73.8 Å². The lowest BCUT2D eigenvalue weighted by atomic mass is 10.1. The molecule has 5 heteroatoms. The maximum atomic E-state index is 12.1. The van der Waals surface area contributed by atoms with Crippen LogP contribution in [0, 0.1) is 5.92 Å². The Morgan fingerprint density at radius 2 is 2.19 bits per heavy atom. The standard InChI is InChI=1S/C16H22N4O/c1-12(2)10-20-16(18-11-19-20)9-15(21)7-6-13-4-3-5-14(17)8-13/h3-5,8,11-12H,6-7,9-10,17H2,1-2H3. The third-order valence-electron chi connectivity index (χ3n) is 3.23. The number of Topliss-reactive ketones (excluding diaryl/α,β-unsaturated/α-hetero) is 1. The zero-order chi connectivity index (χ0) is 15.2. The minimum atomic E-state index is 0.176. The molecular weight excluding hydrogens is 264 g/mol. The minimum absolute atomic E-state index is 0.176. The number of benzene rings is 1. The Kier molecular flexibility index (Phi) is 5.09. The van der Waals surface area contributed by atoms with E-state index in [4.69, 9.17) is 5.73 Å². The van der Waals surface area contributed by atoms with Crippen LogP contribution in [-0.2, 0) is 24.2 Å². The Hall–Kier alpha value is -2.17. The number of aromatic nitrogens is 3. The molecule has 112 valence electrons. The van der Waals surface area contributed by atoms with Crippen LogP contribution in [0.5, 0.6) is 0 Å². The van der Waals surface area contributed by atoms with Crippen molar-refractivity contribution in [3.63, 3.8) is 0 Å². The third-order valence-corrected chi connectivity index (χ3v) is 3.23. The largest absolute Gasteiger partial charge is 0.399 e. The Morgan fingerprint density at radius 3 is 2.90 bits per heavy atom. The number of ketones is 1. The fourth-order valence-corrected chi connectivity index (χ4v) is 2.22. The molecule has 0 amide bonds. The van der Waals surface area contributed by atoms with Gasteiger partial charge in [0.15, 0.2) is 0 Å². The number of carbonyl (C=O) groups excluding carboxylic acids is 1. The van der Waals surface area contributed by atoms with Crippen LogP contribution in [0.15, 0.2) is 30.6 Å². The van der Waals surface area contributed by atoms with Crippen LogP contribution in [0.3, 0.4) is 0 Å². The summed E-state index contributed by atoms with van der Waals surface area (Å²) in [4.78, 5) is 16.3. The van der Waals surface area contributed by atoms with E-state index in [1.807, 2.05) is 28.9 Å². The van der Waals surface area contributed by atoms with Gasteiger partial charge in [-0.25, -0.2) is 9.67 Å². The lowest BCUT2D eigenvalue weighted by Crippen LogP contribution is -2.14. The predicted octanol–water partition coefficient (Wildman–Crippen LogP) is 2.26. The summed E-state index contributed by atoms with van der Waals surface area (Å²) < 4.78 is 1.82. The average Bonchev–Trinajstić information content (AvgIpc) is 2.83. The fraction of sp³-hybridized carbons (Fsp3) is 0.438. The average molecular weight is 286 g/mol. The SMILES string of the molecule is CC(C)Cn1ncnc1CC(=O)CCc1cccc(N)c1. The van der Waals surface area contributed by atoms with Crippen molar-refractivity contribution in [2.75, 3.05) is 5.73 Å². The number of carbonyl (C=O) groups is 1. The molecule has 2 N–H and O–H groups in total. The molecule has 0 bridgehead atoms. The maximum absolute atomic E-state index is 12.1. The van der Waals surface area contributed by atoms with Gasteiger partial charge in [-0.1, -0.05) is 26.0 Å². The number of aryl methyl sites for hydroxylation is 1. The number of rotatable bonds is 7. The number of anilines is 1. The lowest BCUT2D eigenvalue weighted by Gasteiger charge is -2.08. The maximum Gasteiger partial charge on any atom is 0.140 e. The zero-order valence-corrected chi connectivity index (χ0v) is 12.6. The molecule has 0 spiro atoms. The van der Waals surface area contributed by atoms with Gasteiger partial charge in [0.2, 0.25) is 0 Å². The highest BCUT2D eigenvalue weighted by Crippen LogP contribution is 2.10. The quantitative estimate of drug-likeness (QED) is 0.792. The van der Waals surface area contributed by atoms with Crippen LogP contribution in [0.2, 0.25) is 0 Å². The van der Waals surface area contributed by atoms with Crippen LogP contribution in [0.4, 0.5) is 5.69 Å². The van der Waals surface area contributed by atoms with E-state index in [1.165, 1.54) is 6.33 Å². The number of nitrogens with zero attached hydrogens (tertiary/aromatic N) is 3. The van der Waals surface area contributed by atoms with Gasteiger partial charge in [-0.2, -0.15) is 5.10 Å². The molecule has 1 aromatic carbocycles. The zero-order valence-electron chi connectivity index (χ0n) is 12.6. The minimum Gasteiger partial charge on any atom is -0.399 e. The highest BCUT2D eigenvalue weighted by atomic mass is 16.1. The third kappa shape index (κ3) is 4.70. The van der Waals surface area contributed by atoms with Gasteiger partial charge in [0, 0.05) is 18.7 Å². The molecule has 1 heterocycles. The molecule has 0 saturated carbocycles. The van der Waals surface area contributed by atoms with Crippen molar-refractivity contribution < 1.29 is 4.79 Å². The Labute approximate surface area is 125 Å². The summed E-state index contributed by atoms with van der Waals surface area (Å²) in [6.07, 6.45) is 3.07. The smallest absolute Gasteiger partial charge is 0.140 e. The summed E-state index contributed by atoms with van der Waals surface area (Å²) in [7, 11) is 0. The second-order valence-electron chi connectivity index (χ2n) is 5.71. The second kappa shape index (κ2) is 7.02. The molecule has 0 aliphatic heterocycles. The van der Waals surface area contributed by atoms with Gasteiger partial charge in [0.1, 0.15) is 17.9 Å². The highest BCUT2D eigenvalue weighted by Gasteiger charge is 2.11. The van der Waals surface area contributed by atoms with Crippen LogP contribution in [0.1, 0.15) is 31.7 Å². The summed E-state index contributed by atoms with van der Waals surface area (Å²) in [5, 5.41) is 4.18.